The Labute approximate surface area is 393 Å². The fraction of sp³-hybridized carbons (Fsp3) is 0.172. The maximum atomic E-state index is 13.5. The van der Waals surface area contributed by atoms with Crippen molar-refractivity contribution in [2.75, 3.05) is 13.1 Å². The van der Waals surface area contributed by atoms with E-state index >= 15 is 0 Å². The van der Waals surface area contributed by atoms with Gasteiger partial charge in [-0.1, -0.05) is 85.6 Å². The number of unbranched alkanes of at least 4 members (excludes halogenated alkanes) is 3. The van der Waals surface area contributed by atoms with Crippen LogP contribution in [-0.2, 0) is 4.74 Å². The summed E-state index contributed by atoms with van der Waals surface area (Å²) in [6.45, 7) is 7.04. The molecule has 2 heterocycles. The quantitative estimate of drug-likeness (QED) is 0.0264. The average molecular weight is 911 g/mol. The number of rotatable bonds is 10. The van der Waals surface area contributed by atoms with Gasteiger partial charge in [0.05, 0.1) is 11.1 Å². The van der Waals surface area contributed by atoms with Crippen molar-refractivity contribution in [3.05, 3.63) is 142 Å². The number of carbonyl (C=O) groups excluding carboxylic acids is 8. The van der Waals surface area contributed by atoms with Crippen molar-refractivity contribution in [3.8, 4) is 0 Å². The summed E-state index contributed by atoms with van der Waals surface area (Å²) in [5.41, 5.74) is 9.38. The standard InChI is InChI=1S/C32H28N2O4.C26H14O5/c1-17(35)19-7-9-21-23-11-13-25-30-26(32(38)34(31(25)37)16-6-4-3-5-15-33)14-12-24(29(23)30)22-10-8-20(18(2)36)27(19)28(21)22;1-11(27)13-3-5-15-17-7-9-19-24-20(26(30)31-25(19)29)10-8-18(23(17)24)16-6-4-14(12(2)28)21(13)22(15)16/h7-14H,3-6,15-16,33H2,1-2H3;3-10H,1-2H3. The molecule has 12 rings (SSSR count). The van der Waals surface area contributed by atoms with Crippen LogP contribution < -0.4 is 5.73 Å². The van der Waals surface area contributed by atoms with Gasteiger partial charge in [0, 0.05) is 61.5 Å². The Hall–Kier alpha value is -8.28. The predicted octanol–water partition coefficient (Wildman–Crippen LogP) is 11.7. The third kappa shape index (κ3) is 6.23. The molecule has 0 atom stereocenters. The predicted molar refractivity (Wildman–Crippen MR) is 268 cm³/mol. The molecular weight excluding hydrogens is 869 g/mol. The summed E-state index contributed by atoms with van der Waals surface area (Å²) in [6.07, 6.45) is 3.58. The van der Waals surface area contributed by atoms with Crippen molar-refractivity contribution in [2.45, 2.75) is 53.4 Å². The SMILES string of the molecule is CC(=O)c1ccc2c3ccc4c5c(ccc(c6ccc(C(C)=O)c1c26)c53)C(=O)N(CCCCCCN)C4=O.CC(=O)c1ccc2c3ccc4c5c(ccc(c6ccc(C(C)=O)c1c26)c53)C(=O)OC4=O. The maximum absolute atomic E-state index is 13.5. The number of Topliss-reactive ketones (excluding diaryl/α,β-unsaturated/α-hetero) is 4. The van der Waals surface area contributed by atoms with E-state index in [2.05, 4.69) is 0 Å². The van der Waals surface area contributed by atoms with E-state index in [-0.39, 0.29) is 34.9 Å². The number of ether oxygens (including phenoxy) is 1. The lowest BCUT2D eigenvalue weighted by Gasteiger charge is -2.28. The van der Waals surface area contributed by atoms with Gasteiger partial charge in [-0.25, -0.2) is 9.59 Å². The fourth-order valence-corrected chi connectivity index (χ4v) is 11.2. The molecule has 2 N–H and O–H groups in total. The average Bonchev–Trinajstić information content (AvgIpc) is 3.33. The summed E-state index contributed by atoms with van der Waals surface area (Å²) in [6, 6.07) is 29.1. The highest BCUT2D eigenvalue weighted by molar-refractivity contribution is 6.41. The number of nitrogens with two attached hydrogens (primary N) is 1. The summed E-state index contributed by atoms with van der Waals surface area (Å²) in [5, 5.41) is 12.9. The van der Waals surface area contributed by atoms with Crippen LogP contribution in [0.4, 0.5) is 0 Å². The van der Waals surface area contributed by atoms with E-state index in [4.69, 9.17) is 10.5 Å². The normalized spacial score (nSPS) is 13.5. The highest BCUT2D eigenvalue weighted by Gasteiger charge is 2.35. The molecule has 69 heavy (non-hydrogen) atoms. The Morgan fingerprint density at radius 3 is 1.00 bits per heavy atom. The fourth-order valence-electron chi connectivity index (χ4n) is 11.2. The Morgan fingerprint density at radius 2 is 0.667 bits per heavy atom. The second kappa shape index (κ2) is 15.9. The van der Waals surface area contributed by atoms with Crippen molar-refractivity contribution in [1.29, 1.82) is 0 Å². The molecule has 0 fully saturated rings. The Morgan fingerprint density at radius 1 is 0.377 bits per heavy atom. The van der Waals surface area contributed by atoms with Crippen LogP contribution in [0.2, 0.25) is 0 Å². The highest BCUT2D eigenvalue weighted by Crippen LogP contribution is 2.47. The van der Waals surface area contributed by atoms with Gasteiger partial charge in [0.15, 0.2) is 23.1 Å². The summed E-state index contributed by atoms with van der Waals surface area (Å²) in [4.78, 5) is 103. The van der Waals surface area contributed by atoms with Crippen LogP contribution in [0.1, 0.15) is 136 Å². The number of hydrogen-bond acceptors (Lipinski definition) is 10. The number of imide groups is 1. The van der Waals surface area contributed by atoms with E-state index in [0.29, 0.717) is 79.1 Å². The van der Waals surface area contributed by atoms with Crippen molar-refractivity contribution in [2.24, 2.45) is 5.73 Å². The Balaban J connectivity index is 0.000000154. The van der Waals surface area contributed by atoms with Crippen LogP contribution >= 0.6 is 0 Å². The largest absolute Gasteiger partial charge is 0.386 e. The molecule has 2 amide bonds. The molecule has 11 nitrogen and oxygen atoms in total. The first kappa shape index (κ1) is 43.3. The molecule has 11 heteroatoms. The molecule has 0 radical (unpaired) electrons. The van der Waals surface area contributed by atoms with Gasteiger partial charge in [-0.15, -0.1) is 0 Å². The topological polar surface area (TPSA) is 175 Å². The second-order valence-corrected chi connectivity index (χ2v) is 18.2. The second-order valence-electron chi connectivity index (χ2n) is 18.2. The van der Waals surface area contributed by atoms with Gasteiger partial charge in [0.1, 0.15) is 0 Å². The van der Waals surface area contributed by atoms with Crippen LogP contribution in [0.15, 0.2) is 97.1 Å². The maximum Gasteiger partial charge on any atom is 0.346 e. The van der Waals surface area contributed by atoms with Gasteiger partial charge < -0.3 is 10.5 Å². The summed E-state index contributed by atoms with van der Waals surface area (Å²) < 4.78 is 4.89. The zero-order valence-electron chi connectivity index (χ0n) is 38.2. The lowest BCUT2D eigenvalue weighted by atomic mass is 9.82. The van der Waals surface area contributed by atoms with E-state index in [9.17, 15) is 38.4 Å². The molecular formula is C58H42N2O9. The molecule has 10 aromatic carbocycles. The minimum atomic E-state index is -0.656. The van der Waals surface area contributed by atoms with Gasteiger partial charge in [-0.3, -0.25) is 33.7 Å². The molecule has 338 valence electrons. The van der Waals surface area contributed by atoms with E-state index < -0.39 is 11.9 Å². The molecule has 0 aromatic heterocycles. The van der Waals surface area contributed by atoms with Gasteiger partial charge >= 0.3 is 11.9 Å². The molecule has 0 saturated carbocycles. The summed E-state index contributed by atoms with van der Waals surface area (Å²) in [7, 11) is 0. The number of nitrogens with zero attached hydrogens (tertiary/aromatic N) is 1. The van der Waals surface area contributed by atoms with Gasteiger partial charge in [0.25, 0.3) is 11.8 Å². The van der Waals surface area contributed by atoms with E-state index in [1.165, 1.54) is 32.6 Å². The monoisotopic (exact) mass is 910 g/mol. The molecule has 2 aliphatic rings. The lowest BCUT2D eigenvalue weighted by Crippen LogP contribution is -2.40. The molecule has 0 aliphatic carbocycles. The van der Waals surface area contributed by atoms with Crippen molar-refractivity contribution < 1.29 is 43.1 Å². The smallest absolute Gasteiger partial charge is 0.346 e. The number of cyclic esters (lactones) is 2. The molecule has 0 spiro atoms. The molecule has 10 aromatic rings. The van der Waals surface area contributed by atoms with E-state index in [1.807, 2.05) is 60.7 Å². The number of amides is 2. The first-order valence-electron chi connectivity index (χ1n) is 23.0. The third-order valence-corrected chi connectivity index (χ3v) is 14.2. The van der Waals surface area contributed by atoms with Crippen molar-refractivity contribution in [1.82, 2.24) is 4.90 Å². The first-order valence-corrected chi connectivity index (χ1v) is 23.0. The van der Waals surface area contributed by atoms with Crippen LogP contribution in [-0.4, -0.2) is 64.9 Å². The third-order valence-electron chi connectivity index (χ3n) is 14.2. The molecule has 0 saturated heterocycles. The number of carbonyl (C=O) groups is 8. The first-order chi connectivity index (χ1) is 33.2. The molecule has 2 aliphatic heterocycles. The van der Waals surface area contributed by atoms with Gasteiger partial charge in [-0.2, -0.15) is 0 Å². The van der Waals surface area contributed by atoms with Gasteiger partial charge in [0.2, 0.25) is 0 Å². The van der Waals surface area contributed by atoms with Crippen molar-refractivity contribution >= 4 is 133 Å². The molecule has 0 unspecified atom stereocenters. The van der Waals surface area contributed by atoms with Crippen LogP contribution in [0, 0.1) is 0 Å². The minimum absolute atomic E-state index is 0.105. The van der Waals surface area contributed by atoms with Crippen LogP contribution in [0.3, 0.4) is 0 Å². The lowest BCUT2D eigenvalue weighted by molar-refractivity contribution is 0.0389. The molecule has 0 bridgehead atoms. The number of esters is 2. The van der Waals surface area contributed by atoms with E-state index in [0.717, 1.165) is 90.3 Å². The summed E-state index contributed by atoms with van der Waals surface area (Å²) in [5.74, 6) is -2.28. The Bertz CT molecular complexity index is 3820. The minimum Gasteiger partial charge on any atom is -0.386 e. The van der Waals surface area contributed by atoms with Crippen LogP contribution in [0.25, 0.3) is 86.2 Å². The Kier molecular flexibility index (Phi) is 9.99. The van der Waals surface area contributed by atoms with Gasteiger partial charge in [-0.05, 0) is 136 Å². The van der Waals surface area contributed by atoms with E-state index in [1.54, 1.807) is 36.4 Å². The number of benzene rings is 10. The zero-order chi connectivity index (χ0) is 48.3. The number of fused-ring (bicyclic) bond motifs is 4. The van der Waals surface area contributed by atoms with Crippen LogP contribution in [0.5, 0.6) is 0 Å². The number of ketones is 4. The zero-order valence-corrected chi connectivity index (χ0v) is 38.2. The number of hydrogen-bond donors (Lipinski definition) is 1. The highest BCUT2D eigenvalue weighted by atomic mass is 16.6. The summed E-state index contributed by atoms with van der Waals surface area (Å²) >= 11 is 0. The van der Waals surface area contributed by atoms with Crippen molar-refractivity contribution in [3.63, 3.8) is 0 Å².